The van der Waals surface area contributed by atoms with Crippen LogP contribution in [0.1, 0.15) is 22.3 Å². The Labute approximate surface area is 422 Å². The molecule has 340 valence electrons. The number of benzene rings is 7. The number of aromatic nitrogens is 3. The molecule has 0 bridgehead atoms. The van der Waals surface area contributed by atoms with E-state index in [0.717, 1.165) is 79.7 Å². The first-order valence-corrected chi connectivity index (χ1v) is 23.3. The molecule has 0 aliphatic carbocycles. The number of pyridine rings is 3. The number of nitrogens with zero attached hydrogens (tertiary/aromatic N) is 3. The summed E-state index contributed by atoms with van der Waals surface area (Å²) in [6.07, 6.45) is 8.04. The second-order valence-electron chi connectivity index (χ2n) is 17.5. The van der Waals surface area contributed by atoms with Crippen molar-refractivity contribution in [1.29, 1.82) is 0 Å². The fourth-order valence-corrected chi connectivity index (χ4v) is 9.48. The van der Waals surface area contributed by atoms with Gasteiger partial charge in [-0.25, -0.2) is 0 Å². The van der Waals surface area contributed by atoms with Crippen LogP contribution in [0, 0.1) is 18.2 Å². The Morgan fingerprint density at radius 1 is 0.394 bits per heavy atom. The molecule has 0 spiro atoms. The summed E-state index contributed by atoms with van der Waals surface area (Å²) in [5.74, 6) is 0. The van der Waals surface area contributed by atoms with E-state index in [1.54, 1.807) is 36.7 Å². The Bertz CT molecular complexity index is 3900. The number of hydrogen-bond donors (Lipinski definition) is 0. The Morgan fingerprint density at radius 3 is 1.49 bits per heavy atom. The maximum Gasteiger partial charge on any atom is 3.00 e. The van der Waals surface area contributed by atoms with Crippen molar-refractivity contribution in [1.82, 2.24) is 15.0 Å². The number of fused-ring (bicyclic) bond motifs is 6. The van der Waals surface area contributed by atoms with Crippen molar-refractivity contribution < 1.29 is 28.9 Å². The first kappa shape index (κ1) is 45.0. The summed E-state index contributed by atoms with van der Waals surface area (Å²) >= 11 is 0. The topological polar surface area (TPSA) is 99.1 Å². The summed E-state index contributed by atoms with van der Waals surface area (Å²) in [5.41, 5.74) is 16.3. The standard InChI is InChI=1S/C63H40N3O4.Ir/c67-62-55-37-40(18-28-53(55)60-58(69-62)12-6-31-65-60)14-16-42-34-43(17-15-41-19-29-54-56(38-41)63(68)70-59-13-7-32-66-61(54)59)36-50(35-42)52-11-5-4-10-51(52)47-24-26-48(27-25-47)57-39-49(30-33-64-57)46-22-20-45(21-23-46)44-8-2-1-3-9-44;/h1-13,18-26,30-39H,14-17H2;/q-3;+3. The van der Waals surface area contributed by atoms with Gasteiger partial charge in [-0.3, -0.25) is 9.59 Å². The summed E-state index contributed by atoms with van der Waals surface area (Å²) in [7, 11) is 0. The van der Waals surface area contributed by atoms with E-state index in [1.165, 1.54) is 11.1 Å². The molecule has 0 amide bonds. The van der Waals surface area contributed by atoms with Crippen molar-refractivity contribution in [3.8, 4) is 55.8 Å². The zero-order valence-corrected chi connectivity index (χ0v) is 40.5. The van der Waals surface area contributed by atoms with Crippen LogP contribution < -0.4 is 11.3 Å². The maximum absolute atomic E-state index is 13.1. The molecule has 5 aromatic heterocycles. The van der Waals surface area contributed by atoms with E-state index >= 15 is 0 Å². The van der Waals surface area contributed by atoms with E-state index in [1.807, 2.05) is 42.6 Å². The molecular formula is C63H40IrN3O4. The minimum absolute atomic E-state index is 0. The van der Waals surface area contributed by atoms with Gasteiger partial charge >= 0.3 is 20.1 Å². The normalized spacial score (nSPS) is 11.3. The Morgan fingerprint density at radius 2 is 0.915 bits per heavy atom. The minimum Gasteiger partial charge on any atom is -0.438 e. The van der Waals surface area contributed by atoms with Gasteiger partial charge in [-0.2, -0.15) is 0 Å². The van der Waals surface area contributed by atoms with Crippen molar-refractivity contribution in [2.75, 3.05) is 0 Å². The predicted molar refractivity (Wildman–Crippen MR) is 278 cm³/mol. The predicted octanol–water partition coefficient (Wildman–Crippen LogP) is 13.7. The third-order valence-electron chi connectivity index (χ3n) is 13.0. The van der Waals surface area contributed by atoms with Crippen LogP contribution in [0.25, 0.3) is 99.5 Å². The third kappa shape index (κ3) is 9.15. The Hall–Kier alpha value is -8.42. The van der Waals surface area contributed by atoms with Crippen LogP contribution in [0.2, 0.25) is 0 Å². The molecule has 0 atom stereocenters. The van der Waals surface area contributed by atoms with Crippen molar-refractivity contribution in [3.63, 3.8) is 0 Å². The van der Waals surface area contributed by atoms with Gasteiger partial charge < -0.3 is 23.8 Å². The van der Waals surface area contributed by atoms with Crippen LogP contribution in [0.4, 0.5) is 0 Å². The number of rotatable bonds is 11. The molecule has 0 saturated carbocycles. The summed E-state index contributed by atoms with van der Waals surface area (Å²) in [4.78, 5) is 39.9. The average molecular weight is 1100 g/mol. The molecule has 8 heteroatoms. The first-order chi connectivity index (χ1) is 34.5. The molecule has 0 fully saturated rings. The van der Waals surface area contributed by atoms with Gasteiger partial charge in [0.2, 0.25) is 0 Å². The Kier molecular flexibility index (Phi) is 12.4. The van der Waals surface area contributed by atoms with Gasteiger partial charge in [0.25, 0.3) is 11.3 Å². The van der Waals surface area contributed by atoms with E-state index in [-0.39, 0.29) is 20.1 Å². The van der Waals surface area contributed by atoms with Crippen molar-refractivity contribution >= 4 is 43.7 Å². The smallest absolute Gasteiger partial charge is 0.438 e. The summed E-state index contributed by atoms with van der Waals surface area (Å²) < 4.78 is 11.3. The summed E-state index contributed by atoms with van der Waals surface area (Å²) in [6.45, 7) is 0. The monoisotopic (exact) mass is 1100 g/mol. The largest absolute Gasteiger partial charge is 3.00 e. The van der Waals surface area contributed by atoms with E-state index < -0.39 is 11.3 Å². The van der Waals surface area contributed by atoms with Crippen molar-refractivity contribution in [3.05, 3.63) is 256 Å². The van der Waals surface area contributed by atoms with Crippen molar-refractivity contribution in [2.45, 2.75) is 25.7 Å². The zero-order chi connectivity index (χ0) is 47.0. The third-order valence-corrected chi connectivity index (χ3v) is 13.0. The van der Waals surface area contributed by atoms with Crippen LogP contribution in [0.3, 0.4) is 0 Å². The molecule has 0 saturated heterocycles. The van der Waals surface area contributed by atoms with Gasteiger partial charge in [0.1, 0.15) is 11.2 Å². The van der Waals surface area contributed by atoms with E-state index in [9.17, 15) is 9.59 Å². The second-order valence-corrected chi connectivity index (χ2v) is 17.5. The first-order valence-electron chi connectivity index (χ1n) is 23.3. The van der Waals surface area contributed by atoms with E-state index in [4.69, 9.17) is 13.8 Å². The number of hydrogen-bond acceptors (Lipinski definition) is 7. The van der Waals surface area contributed by atoms with Crippen LogP contribution in [-0.4, -0.2) is 15.0 Å². The van der Waals surface area contributed by atoms with Crippen LogP contribution in [0.15, 0.2) is 213 Å². The van der Waals surface area contributed by atoms with Gasteiger partial charge in [-0.15, -0.1) is 88.1 Å². The molecule has 0 radical (unpaired) electrons. The molecule has 0 aliphatic heterocycles. The second kappa shape index (κ2) is 19.5. The van der Waals surface area contributed by atoms with Gasteiger partial charge in [0.05, 0.1) is 0 Å². The fourth-order valence-electron chi connectivity index (χ4n) is 9.48. The van der Waals surface area contributed by atoms with Gasteiger partial charge in [0.15, 0.2) is 0 Å². The summed E-state index contributed by atoms with van der Waals surface area (Å²) in [5, 5.41) is 2.25. The molecule has 12 aromatic rings. The quantitative estimate of drug-likeness (QED) is 0.0940. The zero-order valence-electron chi connectivity index (χ0n) is 38.1. The molecule has 0 N–H and O–H groups in total. The van der Waals surface area contributed by atoms with E-state index in [2.05, 4.69) is 143 Å². The van der Waals surface area contributed by atoms with E-state index in [0.29, 0.717) is 56.6 Å². The van der Waals surface area contributed by atoms with Gasteiger partial charge in [-0.05, 0) is 104 Å². The molecule has 0 unspecified atom stereocenters. The summed E-state index contributed by atoms with van der Waals surface area (Å²) in [6, 6.07) is 69.8. The van der Waals surface area contributed by atoms with Gasteiger partial charge in [0, 0.05) is 29.6 Å². The van der Waals surface area contributed by atoms with Crippen LogP contribution in [-0.2, 0) is 45.8 Å². The minimum atomic E-state index is -0.400. The number of aryl methyl sites for hydroxylation is 4. The molecule has 7 nitrogen and oxygen atoms in total. The average Bonchev–Trinajstić information content (AvgIpc) is 3.42. The fraction of sp³-hybridized carbons (Fsp3) is 0.0635. The van der Waals surface area contributed by atoms with Gasteiger partial charge in [-0.1, -0.05) is 127 Å². The van der Waals surface area contributed by atoms with Crippen LogP contribution >= 0.6 is 0 Å². The molecule has 12 rings (SSSR count). The SMILES string of the molecule is O=c1oc2cccnc2c2[c-]cc(CCc3cc(CCc4c[c-]c5c(c4)c(=O)oc4cccnc45)cc(-c4ccccc4-c4c[c-]c(-c5cc(-c6ccc(-c7ccccc7)cc6)ccn5)cc4)c3)cc12.[Ir+3]. The molecule has 7 aromatic carbocycles. The molecular weight excluding hydrogens is 1050 g/mol. The van der Waals surface area contributed by atoms with Crippen molar-refractivity contribution in [2.24, 2.45) is 0 Å². The molecule has 5 heterocycles. The van der Waals surface area contributed by atoms with Crippen LogP contribution in [0.5, 0.6) is 0 Å². The Balaban J connectivity index is 0.00000547. The molecule has 71 heavy (non-hydrogen) atoms. The maximum atomic E-state index is 13.1. The molecule has 0 aliphatic rings.